The molecule has 0 aromatic heterocycles. The molecule has 1 aromatic carbocycles. The molecule has 1 aliphatic rings. The number of nitrogens with zero attached hydrogens (tertiary/aromatic N) is 1. The summed E-state index contributed by atoms with van der Waals surface area (Å²) in [5.41, 5.74) is 0.547. The quantitative estimate of drug-likeness (QED) is 0.797. The van der Waals surface area contributed by atoms with E-state index >= 15 is 0 Å². The van der Waals surface area contributed by atoms with Crippen molar-refractivity contribution < 1.29 is 4.79 Å². The SMILES string of the molecule is CCCN(C(=O)C(C)(C)c1ccc(Cl)cc1)C1CC1. The largest absolute Gasteiger partial charge is 0.339 e. The van der Waals surface area contributed by atoms with Gasteiger partial charge < -0.3 is 4.90 Å². The minimum atomic E-state index is -0.484. The van der Waals surface area contributed by atoms with Gasteiger partial charge in [-0.3, -0.25) is 4.79 Å². The average molecular weight is 280 g/mol. The zero-order valence-electron chi connectivity index (χ0n) is 11.9. The van der Waals surface area contributed by atoms with Crippen LogP contribution in [-0.4, -0.2) is 23.4 Å². The van der Waals surface area contributed by atoms with E-state index < -0.39 is 5.41 Å². The first-order valence-corrected chi connectivity index (χ1v) is 7.41. The molecule has 0 saturated heterocycles. The van der Waals surface area contributed by atoms with Gasteiger partial charge in [-0.15, -0.1) is 0 Å². The van der Waals surface area contributed by atoms with E-state index in [1.807, 2.05) is 38.1 Å². The van der Waals surface area contributed by atoms with Crippen molar-refractivity contribution in [3.05, 3.63) is 34.9 Å². The Morgan fingerprint density at radius 3 is 2.37 bits per heavy atom. The van der Waals surface area contributed by atoms with Crippen LogP contribution in [0.2, 0.25) is 5.02 Å². The van der Waals surface area contributed by atoms with Crippen LogP contribution in [0.15, 0.2) is 24.3 Å². The normalized spacial score (nSPS) is 15.4. The molecule has 1 aromatic rings. The molecule has 1 saturated carbocycles. The summed E-state index contributed by atoms with van der Waals surface area (Å²) in [7, 11) is 0. The van der Waals surface area contributed by atoms with E-state index in [1.54, 1.807) is 0 Å². The molecule has 104 valence electrons. The zero-order valence-corrected chi connectivity index (χ0v) is 12.7. The topological polar surface area (TPSA) is 20.3 Å². The molecule has 19 heavy (non-hydrogen) atoms. The first-order chi connectivity index (χ1) is 8.96. The van der Waals surface area contributed by atoms with Gasteiger partial charge in [0.1, 0.15) is 0 Å². The maximum Gasteiger partial charge on any atom is 0.232 e. The van der Waals surface area contributed by atoms with Crippen LogP contribution in [0.3, 0.4) is 0 Å². The summed E-state index contributed by atoms with van der Waals surface area (Å²) < 4.78 is 0. The van der Waals surface area contributed by atoms with Crippen molar-refractivity contribution in [2.24, 2.45) is 0 Å². The summed E-state index contributed by atoms with van der Waals surface area (Å²) in [4.78, 5) is 14.9. The Morgan fingerprint density at radius 1 is 1.32 bits per heavy atom. The Kier molecular flexibility index (Phi) is 4.19. The minimum Gasteiger partial charge on any atom is -0.339 e. The summed E-state index contributed by atoms with van der Waals surface area (Å²) in [6, 6.07) is 8.09. The fraction of sp³-hybridized carbons (Fsp3) is 0.562. The van der Waals surface area contributed by atoms with E-state index in [-0.39, 0.29) is 5.91 Å². The van der Waals surface area contributed by atoms with Gasteiger partial charge in [0.25, 0.3) is 0 Å². The summed E-state index contributed by atoms with van der Waals surface area (Å²) in [6.45, 7) is 6.99. The van der Waals surface area contributed by atoms with Crippen LogP contribution < -0.4 is 0 Å². The van der Waals surface area contributed by atoms with E-state index in [2.05, 4.69) is 11.8 Å². The third kappa shape index (κ3) is 3.11. The van der Waals surface area contributed by atoms with Gasteiger partial charge in [0.15, 0.2) is 0 Å². The lowest BCUT2D eigenvalue weighted by Crippen LogP contribution is -2.45. The monoisotopic (exact) mass is 279 g/mol. The number of hydrogen-bond donors (Lipinski definition) is 0. The Hall–Kier alpha value is -1.02. The van der Waals surface area contributed by atoms with Crippen molar-refractivity contribution in [3.8, 4) is 0 Å². The Bertz CT molecular complexity index is 448. The molecule has 1 fully saturated rings. The van der Waals surface area contributed by atoms with Gasteiger partial charge in [-0.1, -0.05) is 30.7 Å². The first kappa shape index (κ1) is 14.4. The molecule has 0 aliphatic heterocycles. The molecule has 3 heteroatoms. The first-order valence-electron chi connectivity index (χ1n) is 7.04. The predicted molar refractivity (Wildman–Crippen MR) is 79.5 cm³/mol. The number of carbonyl (C=O) groups is 1. The molecule has 0 unspecified atom stereocenters. The molecule has 0 spiro atoms. The molecule has 1 amide bonds. The van der Waals surface area contributed by atoms with Crippen LogP contribution in [0.5, 0.6) is 0 Å². The van der Waals surface area contributed by atoms with E-state index in [4.69, 9.17) is 11.6 Å². The van der Waals surface area contributed by atoms with E-state index in [0.29, 0.717) is 11.1 Å². The maximum atomic E-state index is 12.8. The van der Waals surface area contributed by atoms with Gasteiger partial charge in [-0.05, 0) is 50.8 Å². The molecular weight excluding hydrogens is 258 g/mol. The molecule has 0 bridgehead atoms. The van der Waals surface area contributed by atoms with Gasteiger partial charge >= 0.3 is 0 Å². The van der Waals surface area contributed by atoms with Gasteiger partial charge in [-0.25, -0.2) is 0 Å². The van der Waals surface area contributed by atoms with Gasteiger partial charge in [-0.2, -0.15) is 0 Å². The summed E-state index contributed by atoms with van der Waals surface area (Å²) in [6.07, 6.45) is 3.32. The molecule has 0 N–H and O–H groups in total. The highest BCUT2D eigenvalue weighted by atomic mass is 35.5. The lowest BCUT2D eigenvalue weighted by molar-refractivity contribution is -0.136. The lowest BCUT2D eigenvalue weighted by atomic mass is 9.83. The van der Waals surface area contributed by atoms with Crippen LogP contribution in [0.4, 0.5) is 0 Å². The Morgan fingerprint density at radius 2 is 1.89 bits per heavy atom. The van der Waals surface area contributed by atoms with Crippen molar-refractivity contribution in [1.82, 2.24) is 4.90 Å². The Labute approximate surface area is 120 Å². The molecule has 2 nitrogen and oxygen atoms in total. The fourth-order valence-electron chi connectivity index (χ4n) is 2.43. The van der Waals surface area contributed by atoms with E-state index in [9.17, 15) is 4.79 Å². The minimum absolute atomic E-state index is 0.235. The van der Waals surface area contributed by atoms with Gasteiger partial charge in [0.2, 0.25) is 5.91 Å². The number of rotatable bonds is 5. The van der Waals surface area contributed by atoms with Crippen molar-refractivity contribution in [1.29, 1.82) is 0 Å². The van der Waals surface area contributed by atoms with Gasteiger partial charge in [0.05, 0.1) is 5.41 Å². The predicted octanol–water partition coefficient (Wildman–Crippen LogP) is 4.02. The van der Waals surface area contributed by atoms with Crippen LogP contribution in [0, 0.1) is 0 Å². The molecule has 2 rings (SSSR count). The second-order valence-corrected chi connectivity index (χ2v) is 6.30. The van der Waals surface area contributed by atoms with Crippen LogP contribution in [0.25, 0.3) is 0 Å². The second-order valence-electron chi connectivity index (χ2n) is 5.86. The smallest absolute Gasteiger partial charge is 0.232 e. The van der Waals surface area contributed by atoms with E-state index in [0.717, 1.165) is 31.4 Å². The summed E-state index contributed by atoms with van der Waals surface area (Å²) >= 11 is 5.92. The van der Waals surface area contributed by atoms with Crippen molar-refractivity contribution >= 4 is 17.5 Å². The average Bonchev–Trinajstić information content (AvgIpc) is 3.20. The van der Waals surface area contributed by atoms with Crippen LogP contribution in [-0.2, 0) is 10.2 Å². The van der Waals surface area contributed by atoms with Crippen molar-refractivity contribution in [3.63, 3.8) is 0 Å². The highest BCUT2D eigenvalue weighted by Crippen LogP contribution is 2.33. The van der Waals surface area contributed by atoms with E-state index in [1.165, 1.54) is 0 Å². The number of carbonyl (C=O) groups excluding carboxylic acids is 1. The number of amides is 1. The third-order valence-electron chi connectivity index (χ3n) is 3.81. The van der Waals surface area contributed by atoms with Crippen molar-refractivity contribution in [2.45, 2.75) is 51.5 Å². The van der Waals surface area contributed by atoms with Crippen LogP contribution in [0.1, 0.15) is 45.6 Å². The molecule has 0 heterocycles. The summed E-state index contributed by atoms with van der Waals surface area (Å²) in [5.74, 6) is 0.235. The maximum absolute atomic E-state index is 12.8. The number of halogens is 1. The van der Waals surface area contributed by atoms with Gasteiger partial charge in [0, 0.05) is 17.6 Å². The lowest BCUT2D eigenvalue weighted by Gasteiger charge is -2.32. The summed E-state index contributed by atoms with van der Waals surface area (Å²) in [5, 5.41) is 0.708. The standard InChI is InChI=1S/C16H22ClNO/c1-4-11-18(14-9-10-14)15(19)16(2,3)12-5-7-13(17)8-6-12/h5-8,14H,4,9-11H2,1-3H3. The second kappa shape index (κ2) is 5.54. The molecule has 0 atom stereocenters. The third-order valence-corrected chi connectivity index (χ3v) is 4.07. The van der Waals surface area contributed by atoms with Crippen LogP contribution >= 0.6 is 11.6 Å². The molecule has 1 aliphatic carbocycles. The Balaban J connectivity index is 2.21. The highest BCUT2D eigenvalue weighted by molar-refractivity contribution is 6.30. The number of hydrogen-bond acceptors (Lipinski definition) is 1. The highest BCUT2D eigenvalue weighted by Gasteiger charge is 2.39. The molecular formula is C16H22ClNO. The number of benzene rings is 1. The van der Waals surface area contributed by atoms with Crippen molar-refractivity contribution in [2.75, 3.05) is 6.54 Å². The fourth-order valence-corrected chi connectivity index (χ4v) is 2.55. The zero-order chi connectivity index (χ0) is 14.0. The molecule has 0 radical (unpaired) electrons.